The van der Waals surface area contributed by atoms with Gasteiger partial charge >= 0.3 is 5.97 Å². The number of hydrogen-bond acceptors (Lipinski definition) is 4. The maximum Gasteiger partial charge on any atom is 0.338 e. The fraction of sp³-hybridized carbons (Fsp3) is 0.227. The zero-order valence-corrected chi connectivity index (χ0v) is 15.0. The summed E-state index contributed by atoms with van der Waals surface area (Å²) >= 11 is 0. The van der Waals surface area contributed by atoms with Crippen LogP contribution in [0.25, 0.3) is 10.9 Å². The van der Waals surface area contributed by atoms with Crippen LogP contribution in [0.5, 0.6) is 0 Å². The van der Waals surface area contributed by atoms with E-state index < -0.39 is 5.97 Å². The first-order chi connectivity index (χ1) is 13.2. The molecule has 0 N–H and O–H groups in total. The maximum absolute atomic E-state index is 12.7. The molecule has 1 aliphatic carbocycles. The van der Waals surface area contributed by atoms with Crippen molar-refractivity contribution in [1.29, 1.82) is 5.26 Å². The minimum absolute atomic E-state index is 0.0601. The summed E-state index contributed by atoms with van der Waals surface area (Å²) in [4.78, 5) is 25.0. The first kappa shape index (κ1) is 17.0. The van der Waals surface area contributed by atoms with Crippen molar-refractivity contribution < 1.29 is 14.3 Å². The standard InChI is InChI=1S/C22H18N2O3/c1-27-22(26)16-8-4-9-17-20(16)21-18(10-5-11-19(21)25)24(17)13-15-7-3-2-6-14(15)12-23/h2-4,6-9H,5,10-11,13H2,1H3. The zero-order valence-electron chi connectivity index (χ0n) is 15.0. The molecule has 0 saturated carbocycles. The molecule has 1 heterocycles. The number of aromatic nitrogens is 1. The van der Waals surface area contributed by atoms with Gasteiger partial charge in [-0.25, -0.2) is 4.79 Å². The second kappa shape index (κ2) is 6.73. The van der Waals surface area contributed by atoms with E-state index in [0.29, 0.717) is 35.0 Å². The van der Waals surface area contributed by atoms with Crippen molar-refractivity contribution in [3.8, 4) is 6.07 Å². The second-order valence-electron chi connectivity index (χ2n) is 6.64. The van der Waals surface area contributed by atoms with Crippen LogP contribution in [0.15, 0.2) is 42.5 Å². The number of Topliss-reactive ketones (excluding diaryl/α,β-unsaturated/α-hetero) is 1. The molecule has 4 rings (SSSR count). The number of nitrogens with zero attached hydrogens (tertiary/aromatic N) is 2. The monoisotopic (exact) mass is 358 g/mol. The van der Waals surface area contributed by atoms with Gasteiger partial charge in [-0.15, -0.1) is 0 Å². The van der Waals surface area contributed by atoms with Gasteiger partial charge in [-0.2, -0.15) is 5.26 Å². The minimum atomic E-state index is -0.448. The van der Waals surface area contributed by atoms with Crippen molar-refractivity contribution in [3.05, 3.63) is 70.4 Å². The Balaban J connectivity index is 2.00. The number of ether oxygens (including phenoxy) is 1. The highest BCUT2D eigenvalue weighted by molar-refractivity contribution is 6.16. The predicted octanol–water partition coefficient (Wildman–Crippen LogP) is 3.87. The van der Waals surface area contributed by atoms with E-state index in [1.807, 2.05) is 24.3 Å². The molecule has 27 heavy (non-hydrogen) atoms. The van der Waals surface area contributed by atoms with Crippen LogP contribution in [-0.4, -0.2) is 23.4 Å². The molecule has 0 amide bonds. The average molecular weight is 358 g/mol. The smallest absolute Gasteiger partial charge is 0.338 e. The molecule has 0 aliphatic heterocycles. The lowest BCUT2D eigenvalue weighted by molar-refractivity contribution is 0.0603. The summed E-state index contributed by atoms with van der Waals surface area (Å²) in [5, 5.41) is 10.1. The maximum atomic E-state index is 12.7. The van der Waals surface area contributed by atoms with Crippen molar-refractivity contribution >= 4 is 22.7 Å². The molecular formula is C22H18N2O3. The van der Waals surface area contributed by atoms with Crippen molar-refractivity contribution in [2.45, 2.75) is 25.8 Å². The SMILES string of the molecule is COC(=O)c1cccc2c1c1c(n2Cc2ccccc2C#N)CCCC1=O. The third-order valence-electron chi connectivity index (χ3n) is 5.17. The van der Waals surface area contributed by atoms with E-state index in [9.17, 15) is 14.9 Å². The van der Waals surface area contributed by atoms with Crippen LogP contribution in [-0.2, 0) is 17.7 Å². The molecule has 0 saturated heterocycles. The van der Waals surface area contributed by atoms with E-state index in [1.54, 1.807) is 18.2 Å². The molecule has 0 bridgehead atoms. The Bertz CT molecular complexity index is 1120. The van der Waals surface area contributed by atoms with Gasteiger partial charge < -0.3 is 9.30 Å². The van der Waals surface area contributed by atoms with Gasteiger partial charge in [0.05, 0.1) is 29.8 Å². The lowest BCUT2D eigenvalue weighted by Gasteiger charge is -2.16. The number of benzene rings is 2. The van der Waals surface area contributed by atoms with Gasteiger partial charge in [-0.3, -0.25) is 4.79 Å². The van der Waals surface area contributed by atoms with Crippen molar-refractivity contribution in [3.63, 3.8) is 0 Å². The number of esters is 1. The number of methoxy groups -OCH3 is 1. The fourth-order valence-corrected chi connectivity index (χ4v) is 3.95. The highest BCUT2D eigenvalue weighted by atomic mass is 16.5. The molecule has 5 heteroatoms. The van der Waals surface area contributed by atoms with Gasteiger partial charge in [0, 0.05) is 29.6 Å². The average Bonchev–Trinajstić information content (AvgIpc) is 3.03. The van der Waals surface area contributed by atoms with E-state index in [4.69, 9.17) is 4.74 Å². The normalized spacial score (nSPS) is 13.3. The van der Waals surface area contributed by atoms with Gasteiger partial charge in [0.1, 0.15) is 0 Å². The Hall–Kier alpha value is -3.39. The van der Waals surface area contributed by atoms with Gasteiger partial charge in [-0.05, 0) is 36.6 Å². The number of rotatable bonds is 3. The third kappa shape index (κ3) is 2.70. The number of carbonyl (C=O) groups excluding carboxylic acids is 2. The summed E-state index contributed by atoms with van der Waals surface area (Å²) in [6.07, 6.45) is 2.04. The molecule has 0 unspecified atom stereocenters. The second-order valence-corrected chi connectivity index (χ2v) is 6.64. The summed E-state index contributed by atoms with van der Waals surface area (Å²) in [5.41, 5.74) is 4.30. The first-order valence-electron chi connectivity index (χ1n) is 8.89. The highest BCUT2D eigenvalue weighted by Crippen LogP contribution is 2.35. The van der Waals surface area contributed by atoms with Gasteiger partial charge in [-0.1, -0.05) is 24.3 Å². The minimum Gasteiger partial charge on any atom is -0.465 e. The van der Waals surface area contributed by atoms with Crippen LogP contribution in [0, 0.1) is 11.3 Å². The molecule has 0 spiro atoms. The summed E-state index contributed by atoms with van der Waals surface area (Å²) in [6.45, 7) is 0.480. The van der Waals surface area contributed by atoms with Gasteiger partial charge in [0.25, 0.3) is 0 Å². The van der Waals surface area contributed by atoms with Gasteiger partial charge in [0.15, 0.2) is 5.78 Å². The molecular weight excluding hydrogens is 340 g/mol. The Morgan fingerprint density at radius 2 is 2.00 bits per heavy atom. The van der Waals surface area contributed by atoms with E-state index in [-0.39, 0.29) is 5.78 Å². The van der Waals surface area contributed by atoms with Crippen LogP contribution in [0.4, 0.5) is 0 Å². The van der Waals surface area contributed by atoms with Crippen molar-refractivity contribution in [2.75, 3.05) is 7.11 Å². The number of fused-ring (bicyclic) bond motifs is 3. The molecule has 3 aromatic rings. The Morgan fingerprint density at radius 3 is 2.78 bits per heavy atom. The number of hydrogen-bond donors (Lipinski definition) is 0. The van der Waals surface area contributed by atoms with E-state index in [1.165, 1.54) is 7.11 Å². The molecule has 0 radical (unpaired) electrons. The number of carbonyl (C=O) groups is 2. The Kier molecular flexibility index (Phi) is 4.25. The van der Waals surface area contributed by atoms with Crippen LogP contribution >= 0.6 is 0 Å². The van der Waals surface area contributed by atoms with Crippen molar-refractivity contribution in [1.82, 2.24) is 4.57 Å². The summed E-state index contributed by atoms with van der Waals surface area (Å²) in [7, 11) is 1.34. The van der Waals surface area contributed by atoms with Crippen LogP contribution < -0.4 is 0 Å². The Morgan fingerprint density at radius 1 is 1.19 bits per heavy atom. The summed E-state index contributed by atoms with van der Waals surface area (Å²) in [6, 6.07) is 15.1. The quantitative estimate of drug-likeness (QED) is 0.666. The fourth-order valence-electron chi connectivity index (χ4n) is 3.95. The largest absolute Gasteiger partial charge is 0.465 e. The van der Waals surface area contributed by atoms with E-state index in [2.05, 4.69) is 10.6 Å². The molecule has 1 aromatic heterocycles. The lowest BCUT2D eigenvalue weighted by atomic mass is 9.92. The van der Waals surface area contributed by atoms with Crippen LogP contribution in [0.1, 0.15) is 50.4 Å². The third-order valence-corrected chi connectivity index (χ3v) is 5.17. The van der Waals surface area contributed by atoms with Crippen LogP contribution in [0.3, 0.4) is 0 Å². The summed E-state index contributed by atoms with van der Waals surface area (Å²) in [5.74, 6) is -0.388. The van der Waals surface area contributed by atoms with Crippen LogP contribution in [0.2, 0.25) is 0 Å². The van der Waals surface area contributed by atoms with E-state index >= 15 is 0 Å². The lowest BCUT2D eigenvalue weighted by Crippen LogP contribution is -2.14. The molecule has 0 fully saturated rings. The first-order valence-corrected chi connectivity index (χ1v) is 8.89. The number of ketones is 1. The van der Waals surface area contributed by atoms with E-state index in [0.717, 1.165) is 29.6 Å². The molecule has 1 aliphatic rings. The zero-order chi connectivity index (χ0) is 19.0. The number of nitriles is 1. The van der Waals surface area contributed by atoms with Gasteiger partial charge in [0.2, 0.25) is 0 Å². The summed E-state index contributed by atoms with van der Waals surface area (Å²) < 4.78 is 7.01. The predicted molar refractivity (Wildman–Crippen MR) is 101 cm³/mol. The molecule has 134 valence electrons. The highest BCUT2D eigenvalue weighted by Gasteiger charge is 2.29. The van der Waals surface area contributed by atoms with Crippen molar-refractivity contribution in [2.24, 2.45) is 0 Å². The molecule has 2 aromatic carbocycles. The molecule has 0 atom stereocenters. The Labute approximate surface area is 156 Å². The topological polar surface area (TPSA) is 72.1 Å². The molecule has 5 nitrogen and oxygen atoms in total.